The second kappa shape index (κ2) is 6.81. The van der Waals surface area contributed by atoms with E-state index in [9.17, 15) is 4.79 Å². The largest absolute Gasteiger partial charge is 0.379 e. The van der Waals surface area contributed by atoms with Crippen molar-refractivity contribution in [3.63, 3.8) is 0 Å². The molecule has 1 heterocycles. The van der Waals surface area contributed by atoms with Crippen LogP contribution in [0.25, 0.3) is 0 Å². The smallest absolute Gasteiger partial charge is 0.333 e. The minimum atomic E-state index is -0.291. The zero-order valence-corrected chi connectivity index (χ0v) is 9.24. The van der Waals surface area contributed by atoms with E-state index >= 15 is 0 Å². The molecular formula is C11H17N3O2. The van der Waals surface area contributed by atoms with E-state index in [4.69, 9.17) is 4.74 Å². The van der Waals surface area contributed by atoms with Crippen LogP contribution in [0.3, 0.4) is 0 Å². The fourth-order valence-electron chi connectivity index (χ4n) is 1.22. The van der Waals surface area contributed by atoms with Crippen LogP contribution in [0.4, 0.5) is 4.79 Å². The van der Waals surface area contributed by atoms with Crippen molar-refractivity contribution in [2.75, 3.05) is 26.3 Å². The predicted octanol–water partition coefficient (Wildman–Crippen LogP) is 0.789. The Morgan fingerprint density at radius 2 is 2.06 bits per heavy atom. The van der Waals surface area contributed by atoms with Crippen LogP contribution in [-0.4, -0.2) is 37.3 Å². The fraction of sp³-hybridized carbons (Fsp3) is 0.364. The van der Waals surface area contributed by atoms with Gasteiger partial charge in [0.1, 0.15) is 0 Å². The minimum absolute atomic E-state index is 0.291. The van der Waals surface area contributed by atoms with Gasteiger partial charge < -0.3 is 10.1 Å². The van der Waals surface area contributed by atoms with E-state index in [-0.39, 0.29) is 6.03 Å². The van der Waals surface area contributed by atoms with Gasteiger partial charge in [0.25, 0.3) is 0 Å². The highest BCUT2D eigenvalue weighted by Crippen LogP contribution is 1.93. The molecule has 1 aliphatic heterocycles. The van der Waals surface area contributed by atoms with Crippen molar-refractivity contribution in [2.24, 2.45) is 0 Å². The van der Waals surface area contributed by atoms with Crippen LogP contribution in [0.15, 0.2) is 37.1 Å². The second-order valence-corrected chi connectivity index (χ2v) is 3.29. The molecule has 5 nitrogen and oxygen atoms in total. The summed E-state index contributed by atoms with van der Waals surface area (Å²) >= 11 is 0. The number of hydrogen-bond donors (Lipinski definition) is 2. The average molecular weight is 223 g/mol. The number of morpholine rings is 1. The zero-order valence-electron chi connectivity index (χ0n) is 9.24. The molecule has 1 aliphatic rings. The summed E-state index contributed by atoms with van der Waals surface area (Å²) in [5.41, 5.74) is 3.23. The number of hydrogen-bond acceptors (Lipinski definition) is 3. The molecule has 0 unspecified atom stereocenters. The lowest BCUT2D eigenvalue weighted by molar-refractivity contribution is 0.0198. The maximum atomic E-state index is 11.5. The Morgan fingerprint density at radius 3 is 2.69 bits per heavy atom. The first-order chi connectivity index (χ1) is 7.72. The van der Waals surface area contributed by atoms with E-state index in [0.717, 1.165) is 0 Å². The number of hydrazine groups is 1. The highest BCUT2D eigenvalue weighted by Gasteiger charge is 2.12. The van der Waals surface area contributed by atoms with Crippen molar-refractivity contribution in [1.29, 1.82) is 0 Å². The van der Waals surface area contributed by atoms with Gasteiger partial charge in [0.05, 0.1) is 13.2 Å². The summed E-state index contributed by atoms with van der Waals surface area (Å²) in [5, 5.41) is 4.41. The Morgan fingerprint density at radius 1 is 1.38 bits per heavy atom. The number of urea groups is 1. The van der Waals surface area contributed by atoms with Gasteiger partial charge in [-0.05, 0) is 6.08 Å². The van der Waals surface area contributed by atoms with Gasteiger partial charge in [0.2, 0.25) is 0 Å². The maximum Gasteiger partial charge on any atom is 0.333 e. The molecular weight excluding hydrogens is 206 g/mol. The summed E-state index contributed by atoms with van der Waals surface area (Å²) in [4.78, 5) is 11.5. The summed E-state index contributed by atoms with van der Waals surface area (Å²) in [7, 11) is 0. The number of nitrogens with one attached hydrogen (secondary N) is 2. The first-order valence-corrected chi connectivity index (χ1v) is 5.10. The minimum Gasteiger partial charge on any atom is -0.379 e. The molecule has 1 rings (SSSR count). The highest BCUT2D eigenvalue weighted by molar-refractivity contribution is 5.75. The Balaban J connectivity index is 2.26. The molecule has 0 aromatic rings. The lowest BCUT2D eigenvalue weighted by atomic mass is 10.4. The molecule has 0 atom stereocenters. The van der Waals surface area contributed by atoms with E-state index in [1.54, 1.807) is 18.2 Å². The van der Waals surface area contributed by atoms with Gasteiger partial charge >= 0.3 is 6.03 Å². The van der Waals surface area contributed by atoms with Crippen molar-refractivity contribution < 1.29 is 9.53 Å². The molecule has 1 fully saturated rings. The molecule has 2 amide bonds. The van der Waals surface area contributed by atoms with Crippen LogP contribution < -0.4 is 10.7 Å². The Labute approximate surface area is 95.4 Å². The van der Waals surface area contributed by atoms with Crippen molar-refractivity contribution in [2.45, 2.75) is 0 Å². The van der Waals surface area contributed by atoms with Crippen molar-refractivity contribution in [3.8, 4) is 0 Å². The Kier molecular flexibility index (Phi) is 5.31. The van der Waals surface area contributed by atoms with Gasteiger partial charge in [0.15, 0.2) is 0 Å². The monoisotopic (exact) mass is 223 g/mol. The predicted molar refractivity (Wildman–Crippen MR) is 62.5 cm³/mol. The molecule has 0 aromatic carbocycles. The van der Waals surface area contributed by atoms with E-state index in [1.807, 2.05) is 5.01 Å². The number of carbonyl (C=O) groups excluding carboxylic acids is 1. The summed E-state index contributed by atoms with van der Waals surface area (Å²) < 4.78 is 5.16. The van der Waals surface area contributed by atoms with E-state index in [0.29, 0.717) is 32.0 Å². The molecule has 1 saturated heterocycles. The summed E-state index contributed by atoms with van der Waals surface area (Å²) in [6.45, 7) is 9.87. The van der Waals surface area contributed by atoms with Gasteiger partial charge in [-0.25, -0.2) is 9.80 Å². The van der Waals surface area contributed by atoms with E-state index < -0.39 is 0 Å². The molecule has 0 aliphatic carbocycles. The van der Waals surface area contributed by atoms with Crippen molar-refractivity contribution >= 4 is 6.03 Å². The fourth-order valence-corrected chi connectivity index (χ4v) is 1.22. The van der Waals surface area contributed by atoms with Gasteiger partial charge in [-0.15, -0.1) is 0 Å². The number of ether oxygens (including phenoxy) is 1. The summed E-state index contributed by atoms with van der Waals surface area (Å²) in [6, 6.07) is -0.291. The number of rotatable bonds is 4. The Bertz CT molecular complexity index is 294. The summed E-state index contributed by atoms with van der Waals surface area (Å²) in [5.74, 6) is 0. The van der Waals surface area contributed by atoms with Crippen LogP contribution in [-0.2, 0) is 4.74 Å². The lowest BCUT2D eigenvalue weighted by Crippen LogP contribution is -2.51. The maximum absolute atomic E-state index is 11.5. The first kappa shape index (κ1) is 12.5. The number of allylic oxidation sites excluding steroid dienone is 3. The highest BCUT2D eigenvalue weighted by atomic mass is 16.5. The van der Waals surface area contributed by atoms with E-state index in [1.165, 1.54) is 0 Å². The molecule has 16 heavy (non-hydrogen) atoms. The second-order valence-electron chi connectivity index (χ2n) is 3.29. The SMILES string of the molecule is C=C/C=C\C(=C)NC(=O)NN1CCOCC1. The lowest BCUT2D eigenvalue weighted by Gasteiger charge is -2.26. The Hall–Kier alpha value is -1.59. The van der Waals surface area contributed by atoms with Crippen LogP contribution in [0.5, 0.6) is 0 Å². The molecule has 2 N–H and O–H groups in total. The van der Waals surface area contributed by atoms with Crippen LogP contribution in [0.1, 0.15) is 0 Å². The summed E-state index contributed by atoms with van der Waals surface area (Å²) in [6.07, 6.45) is 5.00. The van der Waals surface area contributed by atoms with Crippen molar-refractivity contribution in [3.05, 3.63) is 37.1 Å². The van der Waals surface area contributed by atoms with Crippen LogP contribution >= 0.6 is 0 Å². The normalized spacial score (nSPS) is 17.0. The quantitative estimate of drug-likeness (QED) is 0.693. The third-order valence-electron chi connectivity index (χ3n) is 1.98. The van der Waals surface area contributed by atoms with Crippen molar-refractivity contribution in [1.82, 2.24) is 15.8 Å². The zero-order chi connectivity index (χ0) is 11.8. The molecule has 0 bridgehead atoms. The van der Waals surface area contributed by atoms with E-state index in [2.05, 4.69) is 23.9 Å². The molecule has 0 spiro atoms. The standard InChI is InChI=1S/C11H17N3O2/c1-3-4-5-10(2)12-11(15)13-14-6-8-16-9-7-14/h3-5H,1-2,6-9H2,(H2,12,13,15)/b5-4-. The average Bonchev–Trinajstić information content (AvgIpc) is 2.27. The van der Waals surface area contributed by atoms with Crippen LogP contribution in [0.2, 0.25) is 0 Å². The topological polar surface area (TPSA) is 53.6 Å². The third kappa shape index (κ3) is 4.77. The van der Waals surface area contributed by atoms with Gasteiger partial charge in [-0.2, -0.15) is 0 Å². The van der Waals surface area contributed by atoms with Gasteiger partial charge in [-0.3, -0.25) is 5.43 Å². The molecule has 88 valence electrons. The molecule has 0 radical (unpaired) electrons. The molecule has 0 aromatic heterocycles. The number of amides is 2. The first-order valence-electron chi connectivity index (χ1n) is 5.10. The van der Waals surface area contributed by atoms with Gasteiger partial charge in [-0.1, -0.05) is 25.3 Å². The van der Waals surface area contributed by atoms with Gasteiger partial charge in [0, 0.05) is 18.8 Å². The number of carbonyl (C=O) groups is 1. The van der Waals surface area contributed by atoms with Crippen LogP contribution in [0, 0.1) is 0 Å². The third-order valence-corrected chi connectivity index (χ3v) is 1.98. The number of nitrogens with zero attached hydrogens (tertiary/aromatic N) is 1. The molecule has 5 heteroatoms. The molecule has 0 saturated carbocycles.